The fourth-order valence-corrected chi connectivity index (χ4v) is 1.94. The number of aromatic amines is 1. The number of carboxylic acid groups (broad SMARTS) is 1. The molecule has 0 spiro atoms. The maximum atomic E-state index is 12.0. The quantitative estimate of drug-likeness (QED) is 0.616. The second kappa shape index (κ2) is 6.67. The highest BCUT2D eigenvalue weighted by Gasteiger charge is 2.22. The minimum Gasteiger partial charge on any atom is -0.477 e. The SMILES string of the molecule is O=C(N[C@H](CO)Cc1ccccc1)c1nc[nH]c1C(=O)O. The van der Waals surface area contributed by atoms with Crippen molar-refractivity contribution in [3.05, 3.63) is 53.6 Å². The summed E-state index contributed by atoms with van der Waals surface area (Å²) in [6.45, 7) is -0.256. The number of aliphatic hydroxyl groups excluding tert-OH is 1. The van der Waals surface area contributed by atoms with Crippen molar-refractivity contribution in [2.75, 3.05) is 6.61 Å². The van der Waals surface area contributed by atoms with Gasteiger partial charge in [0.1, 0.15) is 0 Å². The van der Waals surface area contributed by atoms with Crippen molar-refractivity contribution in [3.63, 3.8) is 0 Å². The predicted molar refractivity (Wildman–Crippen MR) is 74.0 cm³/mol. The molecule has 0 radical (unpaired) electrons. The van der Waals surface area contributed by atoms with Gasteiger partial charge in [-0.05, 0) is 12.0 Å². The molecule has 1 atom stereocenters. The van der Waals surface area contributed by atoms with Gasteiger partial charge in [-0.25, -0.2) is 9.78 Å². The van der Waals surface area contributed by atoms with E-state index in [9.17, 15) is 14.7 Å². The second-order valence-corrected chi connectivity index (χ2v) is 4.47. The third-order valence-corrected chi connectivity index (χ3v) is 2.95. The summed E-state index contributed by atoms with van der Waals surface area (Å²) in [5.74, 6) is -1.90. The summed E-state index contributed by atoms with van der Waals surface area (Å²) in [5, 5.41) is 20.9. The van der Waals surface area contributed by atoms with E-state index < -0.39 is 17.9 Å². The third kappa shape index (κ3) is 3.67. The molecule has 7 nitrogen and oxygen atoms in total. The van der Waals surface area contributed by atoms with Crippen molar-refractivity contribution in [2.45, 2.75) is 12.5 Å². The highest BCUT2D eigenvalue weighted by Crippen LogP contribution is 2.06. The Hall–Kier alpha value is -2.67. The molecule has 0 bridgehead atoms. The molecule has 2 rings (SSSR count). The highest BCUT2D eigenvalue weighted by molar-refractivity contribution is 6.02. The molecule has 1 aromatic carbocycles. The lowest BCUT2D eigenvalue weighted by atomic mass is 10.1. The molecule has 1 heterocycles. The van der Waals surface area contributed by atoms with Gasteiger partial charge >= 0.3 is 5.97 Å². The molecule has 1 aromatic heterocycles. The van der Waals surface area contributed by atoms with E-state index in [1.807, 2.05) is 30.3 Å². The molecule has 0 saturated carbocycles. The molecular weight excluding hydrogens is 274 g/mol. The van der Waals surface area contributed by atoms with Gasteiger partial charge < -0.3 is 20.5 Å². The van der Waals surface area contributed by atoms with E-state index in [0.29, 0.717) is 6.42 Å². The number of amides is 1. The number of aromatic nitrogens is 2. The van der Waals surface area contributed by atoms with E-state index in [1.54, 1.807) is 0 Å². The zero-order chi connectivity index (χ0) is 15.2. The van der Waals surface area contributed by atoms with Crippen molar-refractivity contribution < 1.29 is 19.8 Å². The summed E-state index contributed by atoms with van der Waals surface area (Å²) in [5.41, 5.74) is 0.482. The Labute approximate surface area is 120 Å². The zero-order valence-electron chi connectivity index (χ0n) is 11.1. The van der Waals surface area contributed by atoms with Crippen LogP contribution in [0.1, 0.15) is 26.5 Å². The number of hydrogen-bond donors (Lipinski definition) is 4. The van der Waals surface area contributed by atoms with Crippen molar-refractivity contribution in [1.82, 2.24) is 15.3 Å². The van der Waals surface area contributed by atoms with Crippen LogP contribution in [0.4, 0.5) is 0 Å². The van der Waals surface area contributed by atoms with Crippen LogP contribution in [0.25, 0.3) is 0 Å². The molecule has 0 saturated heterocycles. The van der Waals surface area contributed by atoms with Crippen molar-refractivity contribution in [3.8, 4) is 0 Å². The summed E-state index contributed by atoms with van der Waals surface area (Å²) < 4.78 is 0. The van der Waals surface area contributed by atoms with Gasteiger partial charge in [-0.3, -0.25) is 4.79 Å². The van der Waals surface area contributed by atoms with E-state index in [1.165, 1.54) is 0 Å². The fourth-order valence-electron chi connectivity index (χ4n) is 1.94. The molecular formula is C14H15N3O4. The Morgan fingerprint density at radius 1 is 1.29 bits per heavy atom. The zero-order valence-corrected chi connectivity index (χ0v) is 11.1. The summed E-state index contributed by atoms with van der Waals surface area (Å²) in [7, 11) is 0. The number of aliphatic hydroxyl groups is 1. The van der Waals surface area contributed by atoms with E-state index in [0.717, 1.165) is 11.9 Å². The maximum Gasteiger partial charge on any atom is 0.354 e. The van der Waals surface area contributed by atoms with Crippen molar-refractivity contribution in [2.24, 2.45) is 0 Å². The Bertz CT molecular complexity index is 624. The summed E-state index contributed by atoms with van der Waals surface area (Å²) >= 11 is 0. The molecule has 0 aliphatic rings. The second-order valence-electron chi connectivity index (χ2n) is 4.47. The van der Waals surface area contributed by atoms with Crippen LogP contribution in [0, 0.1) is 0 Å². The molecule has 21 heavy (non-hydrogen) atoms. The van der Waals surface area contributed by atoms with E-state index >= 15 is 0 Å². The van der Waals surface area contributed by atoms with Crippen LogP contribution in [-0.2, 0) is 6.42 Å². The molecule has 0 aliphatic carbocycles. The molecule has 4 N–H and O–H groups in total. The lowest BCUT2D eigenvalue weighted by molar-refractivity contribution is 0.0684. The van der Waals surface area contributed by atoms with Gasteiger partial charge in [-0.15, -0.1) is 0 Å². The highest BCUT2D eigenvalue weighted by atomic mass is 16.4. The third-order valence-electron chi connectivity index (χ3n) is 2.95. The van der Waals surface area contributed by atoms with Crippen LogP contribution in [0.3, 0.4) is 0 Å². The van der Waals surface area contributed by atoms with Gasteiger partial charge in [0.25, 0.3) is 5.91 Å². The molecule has 0 aliphatic heterocycles. The molecule has 0 unspecified atom stereocenters. The van der Waals surface area contributed by atoms with Crippen LogP contribution in [-0.4, -0.2) is 44.7 Å². The summed E-state index contributed by atoms with van der Waals surface area (Å²) in [6.07, 6.45) is 1.58. The van der Waals surface area contributed by atoms with Gasteiger partial charge in [-0.1, -0.05) is 30.3 Å². The Morgan fingerprint density at radius 2 is 2.00 bits per heavy atom. The fraction of sp³-hybridized carbons (Fsp3) is 0.214. The Morgan fingerprint density at radius 3 is 2.62 bits per heavy atom. The molecule has 1 amide bonds. The first-order valence-corrected chi connectivity index (χ1v) is 6.34. The first-order chi connectivity index (χ1) is 10.1. The minimum absolute atomic E-state index is 0.200. The van der Waals surface area contributed by atoms with Crippen LogP contribution in [0.5, 0.6) is 0 Å². The summed E-state index contributed by atoms with van der Waals surface area (Å²) in [4.78, 5) is 29.1. The number of carbonyl (C=O) groups is 2. The molecule has 7 heteroatoms. The smallest absolute Gasteiger partial charge is 0.354 e. The lowest BCUT2D eigenvalue weighted by Crippen LogP contribution is -2.39. The van der Waals surface area contributed by atoms with Crippen LogP contribution >= 0.6 is 0 Å². The van der Waals surface area contributed by atoms with Crippen LogP contribution in [0.15, 0.2) is 36.7 Å². The average molecular weight is 289 g/mol. The predicted octanol–water partition coefficient (Wildman–Crippen LogP) is 0.441. The molecule has 2 aromatic rings. The van der Waals surface area contributed by atoms with Gasteiger partial charge in [0.2, 0.25) is 0 Å². The number of nitrogens with one attached hydrogen (secondary N) is 2. The number of nitrogens with zero attached hydrogens (tertiary/aromatic N) is 1. The van der Waals surface area contributed by atoms with Gasteiger partial charge in [0.15, 0.2) is 11.4 Å². The van der Waals surface area contributed by atoms with E-state index in [2.05, 4.69) is 15.3 Å². The number of carbonyl (C=O) groups excluding carboxylic acids is 1. The molecule has 0 fully saturated rings. The number of hydrogen-bond acceptors (Lipinski definition) is 4. The molecule has 110 valence electrons. The van der Waals surface area contributed by atoms with Crippen molar-refractivity contribution in [1.29, 1.82) is 0 Å². The number of benzene rings is 1. The first-order valence-electron chi connectivity index (χ1n) is 6.34. The largest absolute Gasteiger partial charge is 0.477 e. The normalized spacial score (nSPS) is 11.9. The van der Waals surface area contributed by atoms with Crippen LogP contribution in [0.2, 0.25) is 0 Å². The maximum absolute atomic E-state index is 12.0. The van der Waals surface area contributed by atoms with Gasteiger partial charge in [-0.2, -0.15) is 0 Å². The minimum atomic E-state index is -1.26. The lowest BCUT2D eigenvalue weighted by Gasteiger charge is -2.15. The topological polar surface area (TPSA) is 115 Å². The Kier molecular flexibility index (Phi) is 4.68. The number of rotatable bonds is 6. The summed E-state index contributed by atoms with van der Waals surface area (Å²) in [6, 6.07) is 8.85. The van der Waals surface area contributed by atoms with E-state index in [-0.39, 0.29) is 18.0 Å². The van der Waals surface area contributed by atoms with Gasteiger partial charge in [0.05, 0.1) is 19.0 Å². The Balaban J connectivity index is 2.06. The average Bonchev–Trinajstić information content (AvgIpc) is 2.97. The van der Waals surface area contributed by atoms with Crippen molar-refractivity contribution >= 4 is 11.9 Å². The van der Waals surface area contributed by atoms with Gasteiger partial charge in [0, 0.05) is 0 Å². The number of aromatic carboxylic acids is 1. The first kappa shape index (κ1) is 14.7. The van der Waals surface area contributed by atoms with Crippen LogP contribution < -0.4 is 5.32 Å². The van der Waals surface area contributed by atoms with E-state index in [4.69, 9.17) is 5.11 Å². The monoisotopic (exact) mass is 289 g/mol. The number of carboxylic acids is 1. The number of imidazole rings is 1. The number of H-pyrrole nitrogens is 1. The standard InChI is InChI=1S/C14H15N3O4/c18-7-10(6-9-4-2-1-3-5-9)17-13(19)11-12(14(20)21)16-8-15-11/h1-5,8,10,18H,6-7H2,(H,15,16)(H,17,19)(H,20,21)/t10-/m0/s1.